The lowest BCUT2D eigenvalue weighted by Crippen LogP contribution is -2.47. The van der Waals surface area contributed by atoms with Gasteiger partial charge < -0.3 is 19.6 Å². The maximum absolute atomic E-state index is 12.2. The summed E-state index contributed by atoms with van der Waals surface area (Å²) in [5.74, 6) is 9.63. The molecule has 0 unspecified atom stereocenters. The number of aliphatic hydroxyl groups is 1. The molecule has 0 bridgehead atoms. The van der Waals surface area contributed by atoms with Gasteiger partial charge in [-0.2, -0.15) is 11.8 Å². The lowest BCUT2D eigenvalue weighted by molar-refractivity contribution is -0.134. The van der Waals surface area contributed by atoms with Crippen LogP contribution in [0, 0.1) is 51.8 Å². The third-order valence-electron chi connectivity index (χ3n) is 13.2. The summed E-state index contributed by atoms with van der Waals surface area (Å²) in [7, 11) is -5.38. The molecule has 5 saturated heterocycles. The number of carbonyl (C=O) groups is 1. The van der Waals surface area contributed by atoms with Crippen molar-refractivity contribution >= 4 is 37.3 Å². The maximum Gasteiger partial charge on any atom is 0.236 e. The third-order valence-corrected chi connectivity index (χ3v) is 17.6. The Balaban J connectivity index is 0.000000286. The van der Waals surface area contributed by atoms with Crippen molar-refractivity contribution < 1.29 is 31.5 Å². The van der Waals surface area contributed by atoms with E-state index in [1.165, 1.54) is 56.5 Å². The van der Waals surface area contributed by atoms with Gasteiger partial charge in [0.15, 0.2) is 9.84 Å². The molecule has 0 spiro atoms. The van der Waals surface area contributed by atoms with Crippen LogP contribution in [0.25, 0.3) is 0 Å². The molecule has 0 aromatic carbocycles. The maximum atomic E-state index is 12.2. The van der Waals surface area contributed by atoms with Crippen molar-refractivity contribution in [3.8, 4) is 0 Å². The standard InChI is InChI=1S/C15H28N2O2.C10H20O2S.C9H19NO2S.C9H18O.C9H18S/c1-13(2)11-14-3-5-17(6-4-14)15(18)12-16-7-9-19-10-8-16;1-10(2,3)8-9-4-6-13(11,12)7-5-9;1-9(2,3)8-10-4-6-13(11,12)7-5-10;1-9(2,3)6-7-4-8(10)5-7;1-8(2)7-9-3-5-10-6-4-9/h13-14H,3-12H2,1-2H3;9H,4-8H2,1-3H3;4-8H2,1-3H3;7-8,10H,4-6H2,1-3H3;8-9H,3-7H2,1-2H3. The number of carbonyl (C=O) groups excluding carboxylic acids is 1. The van der Waals surface area contributed by atoms with Crippen molar-refractivity contribution in [2.24, 2.45) is 51.8 Å². The molecule has 13 heteroatoms. The van der Waals surface area contributed by atoms with E-state index in [1.807, 2.05) is 0 Å². The Morgan fingerprint density at radius 3 is 1.46 bits per heavy atom. The Hall–Kier alpha value is -0.440. The zero-order valence-corrected chi connectivity index (χ0v) is 46.8. The summed E-state index contributed by atoms with van der Waals surface area (Å²) >= 11 is 2.13. The van der Waals surface area contributed by atoms with Gasteiger partial charge in [0.05, 0.1) is 48.9 Å². The van der Waals surface area contributed by atoms with Gasteiger partial charge in [-0.1, -0.05) is 90.0 Å². The zero-order chi connectivity index (χ0) is 49.1. The van der Waals surface area contributed by atoms with Crippen LogP contribution in [0.3, 0.4) is 0 Å². The summed E-state index contributed by atoms with van der Waals surface area (Å²) in [5, 5.41) is 9.02. The molecule has 0 aromatic heterocycles. The number of amides is 1. The number of rotatable bonds is 9. The smallest absolute Gasteiger partial charge is 0.236 e. The van der Waals surface area contributed by atoms with Crippen LogP contribution < -0.4 is 0 Å². The van der Waals surface area contributed by atoms with Gasteiger partial charge in [-0.25, -0.2) is 16.8 Å². The number of aliphatic hydroxyl groups excluding tert-OH is 1. The fourth-order valence-electron chi connectivity index (χ4n) is 10.1. The van der Waals surface area contributed by atoms with Gasteiger partial charge in [0.1, 0.15) is 9.84 Å². The molecule has 6 rings (SSSR count). The lowest BCUT2D eigenvalue weighted by Gasteiger charge is -2.35. The monoisotopic (exact) mass is 978 g/mol. The molecule has 5 aliphatic heterocycles. The van der Waals surface area contributed by atoms with Crippen LogP contribution in [0.2, 0.25) is 0 Å². The molecule has 5 heterocycles. The van der Waals surface area contributed by atoms with Crippen LogP contribution in [-0.4, -0.2) is 149 Å². The van der Waals surface area contributed by atoms with Crippen LogP contribution in [0.1, 0.15) is 167 Å². The van der Waals surface area contributed by atoms with Gasteiger partial charge in [-0.15, -0.1) is 0 Å². The second-order valence-electron chi connectivity index (χ2n) is 25.1. The van der Waals surface area contributed by atoms with Crippen molar-refractivity contribution in [3.63, 3.8) is 0 Å². The second kappa shape index (κ2) is 29.0. The molecule has 1 N–H and O–H groups in total. The van der Waals surface area contributed by atoms with Gasteiger partial charge >= 0.3 is 0 Å². The zero-order valence-electron chi connectivity index (χ0n) is 44.3. The van der Waals surface area contributed by atoms with E-state index < -0.39 is 19.7 Å². The Morgan fingerprint density at radius 2 is 1.03 bits per heavy atom. The predicted octanol–water partition coefficient (Wildman–Crippen LogP) is 9.98. The number of sulfone groups is 2. The molecule has 1 aliphatic carbocycles. The topological polar surface area (TPSA) is 125 Å². The summed E-state index contributed by atoms with van der Waals surface area (Å²) in [4.78, 5) is 18.8. The van der Waals surface area contributed by atoms with Gasteiger partial charge in [-0.3, -0.25) is 9.69 Å². The van der Waals surface area contributed by atoms with Crippen LogP contribution in [0.15, 0.2) is 0 Å². The van der Waals surface area contributed by atoms with E-state index in [1.54, 1.807) is 0 Å². The molecule has 10 nitrogen and oxygen atoms in total. The number of piperidine rings is 1. The SMILES string of the molecule is CC(C)(C)CC1CC(O)C1.CC(C)(C)CC1CCS(=O)(=O)CC1.CC(C)(C)CN1CCS(=O)(=O)CC1.CC(C)CC1CCN(C(=O)CN2CCOCC2)CC1.CC(C)CC1CCSCC1. The molecule has 6 fully saturated rings. The number of hydrogen-bond acceptors (Lipinski definition) is 10. The fraction of sp³-hybridized carbons (Fsp3) is 0.981. The highest BCUT2D eigenvalue weighted by molar-refractivity contribution is 7.99. The first kappa shape index (κ1) is 60.7. The minimum absolute atomic E-state index is 0.0207. The van der Waals surface area contributed by atoms with E-state index in [-0.39, 0.29) is 11.5 Å². The minimum atomic E-state index is -2.71. The van der Waals surface area contributed by atoms with Gasteiger partial charge in [-0.05, 0) is 140 Å². The summed E-state index contributed by atoms with van der Waals surface area (Å²) < 4.78 is 49.9. The molecule has 1 amide bonds. The van der Waals surface area contributed by atoms with E-state index in [2.05, 4.69) is 116 Å². The normalized spacial score (nSPS) is 25.1. The Bertz CT molecular complexity index is 1420. The number of ether oxygens (including phenoxy) is 1. The number of morpholine rings is 1. The van der Waals surface area contributed by atoms with Crippen molar-refractivity contribution in [2.75, 3.05) is 100 Å². The van der Waals surface area contributed by atoms with E-state index >= 15 is 0 Å². The quantitative estimate of drug-likeness (QED) is 0.239. The number of nitrogens with zero attached hydrogens (tertiary/aromatic N) is 3. The number of likely N-dealkylation sites (tertiary alicyclic amines) is 1. The average molecular weight is 979 g/mol. The Kier molecular flexibility index (Phi) is 27.1. The Labute approximate surface area is 406 Å². The van der Waals surface area contributed by atoms with Crippen molar-refractivity contribution in [1.82, 2.24) is 14.7 Å². The van der Waals surface area contributed by atoms with Crippen LogP contribution in [0.5, 0.6) is 0 Å². The molecule has 0 atom stereocenters. The molecular weight excluding hydrogens is 875 g/mol. The molecule has 386 valence electrons. The molecule has 65 heavy (non-hydrogen) atoms. The summed E-state index contributed by atoms with van der Waals surface area (Å²) in [6.45, 7) is 37.5. The first-order chi connectivity index (χ1) is 30.0. The number of thioether (sulfide) groups is 1. The van der Waals surface area contributed by atoms with Crippen LogP contribution in [0.4, 0.5) is 0 Å². The Morgan fingerprint density at radius 1 is 0.585 bits per heavy atom. The van der Waals surface area contributed by atoms with E-state index in [0.717, 1.165) is 108 Å². The average Bonchev–Trinajstić information content (AvgIpc) is 3.16. The minimum Gasteiger partial charge on any atom is -0.393 e. The summed E-state index contributed by atoms with van der Waals surface area (Å²) in [5.41, 5.74) is 1.05. The third kappa shape index (κ3) is 30.7. The first-order valence-electron chi connectivity index (χ1n) is 25.9. The van der Waals surface area contributed by atoms with Crippen LogP contribution in [-0.2, 0) is 29.2 Å². The van der Waals surface area contributed by atoms with Gasteiger partial charge in [0.25, 0.3) is 0 Å². The molecule has 6 aliphatic rings. The first-order valence-corrected chi connectivity index (χ1v) is 30.7. The second-order valence-corrected chi connectivity index (χ2v) is 31.0. The van der Waals surface area contributed by atoms with Crippen molar-refractivity contribution in [2.45, 2.75) is 173 Å². The number of hydrogen-bond donors (Lipinski definition) is 1. The summed E-state index contributed by atoms with van der Waals surface area (Å²) in [6, 6.07) is 0. The highest BCUT2D eigenvalue weighted by atomic mass is 32.2. The predicted molar refractivity (Wildman–Crippen MR) is 278 cm³/mol. The van der Waals surface area contributed by atoms with Crippen LogP contribution >= 0.6 is 11.8 Å². The van der Waals surface area contributed by atoms with Crippen molar-refractivity contribution in [3.05, 3.63) is 0 Å². The summed E-state index contributed by atoms with van der Waals surface area (Å²) in [6.07, 6.45) is 14.4. The van der Waals surface area contributed by atoms with Crippen molar-refractivity contribution in [1.29, 1.82) is 0 Å². The van der Waals surface area contributed by atoms with E-state index in [4.69, 9.17) is 9.84 Å². The molecule has 1 saturated carbocycles. The van der Waals surface area contributed by atoms with E-state index in [0.29, 0.717) is 65.3 Å². The molecular formula is C52H103N3O7S3. The highest BCUT2D eigenvalue weighted by Gasteiger charge is 2.31. The fourth-order valence-corrected chi connectivity index (χ4v) is 14.2. The highest BCUT2D eigenvalue weighted by Crippen LogP contribution is 2.37. The molecule has 0 radical (unpaired) electrons. The van der Waals surface area contributed by atoms with E-state index in [9.17, 15) is 21.6 Å². The van der Waals surface area contributed by atoms with Gasteiger partial charge in [0, 0.05) is 45.8 Å². The molecule has 0 aromatic rings. The largest absolute Gasteiger partial charge is 0.393 e. The van der Waals surface area contributed by atoms with Gasteiger partial charge in [0.2, 0.25) is 5.91 Å². The lowest BCUT2D eigenvalue weighted by atomic mass is 9.73.